The first kappa shape index (κ1) is 21.1. The molecule has 0 bridgehead atoms. The first-order valence-electron chi connectivity index (χ1n) is 10.4. The second-order valence-electron chi connectivity index (χ2n) is 8.92. The number of hydrogen-bond donors (Lipinski definition) is 1. The zero-order chi connectivity index (χ0) is 21.3. The number of fused-ring (bicyclic) bond motifs is 3. The third kappa shape index (κ3) is 4.46. The molecule has 0 spiro atoms. The van der Waals surface area contributed by atoms with Gasteiger partial charge in [-0.1, -0.05) is 38.2 Å². The molecular formula is C23H28ClN3O2Si. The maximum atomic E-state index is 6.01. The van der Waals surface area contributed by atoms with Crippen LogP contribution in [-0.4, -0.2) is 36.7 Å². The molecule has 1 aromatic carbocycles. The number of ether oxygens (including phenoxy) is 2. The minimum absolute atomic E-state index is 0.296. The van der Waals surface area contributed by atoms with Gasteiger partial charge in [-0.25, -0.2) is 4.98 Å². The van der Waals surface area contributed by atoms with Crippen LogP contribution in [0.5, 0.6) is 5.75 Å². The molecule has 2 heterocycles. The van der Waals surface area contributed by atoms with Crippen molar-refractivity contribution < 1.29 is 9.47 Å². The lowest BCUT2D eigenvalue weighted by atomic mass is 10.0. The van der Waals surface area contributed by atoms with Crippen molar-refractivity contribution in [3.63, 3.8) is 0 Å². The van der Waals surface area contributed by atoms with Gasteiger partial charge in [0.05, 0.1) is 11.4 Å². The van der Waals surface area contributed by atoms with E-state index in [0.29, 0.717) is 11.9 Å². The van der Waals surface area contributed by atoms with Crippen molar-refractivity contribution in [3.8, 4) is 28.3 Å². The van der Waals surface area contributed by atoms with Gasteiger partial charge in [-0.15, -0.1) is 0 Å². The topological polar surface area (TPSA) is 60.0 Å². The molecule has 5 nitrogen and oxygen atoms in total. The van der Waals surface area contributed by atoms with E-state index in [1.807, 2.05) is 6.07 Å². The minimum atomic E-state index is -1.09. The number of aromatic nitrogens is 3. The van der Waals surface area contributed by atoms with Crippen molar-refractivity contribution >= 4 is 19.7 Å². The maximum Gasteiger partial charge on any atom is 0.189 e. The Morgan fingerprint density at radius 2 is 2.03 bits per heavy atom. The third-order valence-electron chi connectivity index (χ3n) is 5.47. The van der Waals surface area contributed by atoms with E-state index in [1.165, 1.54) is 22.3 Å². The van der Waals surface area contributed by atoms with E-state index in [9.17, 15) is 0 Å². The summed E-state index contributed by atoms with van der Waals surface area (Å²) >= 11 is 5.94. The number of aromatic amines is 1. The molecule has 0 saturated heterocycles. The van der Waals surface area contributed by atoms with Crippen LogP contribution in [0.1, 0.15) is 23.6 Å². The van der Waals surface area contributed by atoms with Crippen molar-refractivity contribution in [2.75, 3.05) is 13.4 Å². The van der Waals surface area contributed by atoms with Crippen LogP contribution in [0.2, 0.25) is 30.8 Å². The summed E-state index contributed by atoms with van der Waals surface area (Å²) in [4.78, 5) is 4.20. The average molecular weight is 442 g/mol. The van der Waals surface area contributed by atoms with Crippen molar-refractivity contribution in [1.82, 2.24) is 15.2 Å². The van der Waals surface area contributed by atoms with Gasteiger partial charge in [-0.2, -0.15) is 5.10 Å². The number of halogens is 1. The fraction of sp³-hybridized carbons (Fsp3) is 0.391. The highest BCUT2D eigenvalue weighted by Crippen LogP contribution is 2.42. The monoisotopic (exact) mass is 441 g/mol. The molecule has 0 saturated carbocycles. The molecular weight excluding hydrogens is 414 g/mol. The van der Waals surface area contributed by atoms with Gasteiger partial charge >= 0.3 is 0 Å². The van der Waals surface area contributed by atoms with Gasteiger partial charge in [0, 0.05) is 44.0 Å². The van der Waals surface area contributed by atoms with Crippen LogP contribution < -0.4 is 4.74 Å². The van der Waals surface area contributed by atoms with Gasteiger partial charge in [0.1, 0.15) is 10.9 Å². The highest BCUT2D eigenvalue weighted by Gasteiger charge is 2.27. The van der Waals surface area contributed by atoms with Gasteiger partial charge in [0.15, 0.2) is 6.79 Å². The van der Waals surface area contributed by atoms with E-state index in [4.69, 9.17) is 21.1 Å². The van der Waals surface area contributed by atoms with Crippen molar-refractivity contribution in [2.24, 2.45) is 0 Å². The van der Waals surface area contributed by atoms with Crippen LogP contribution in [0.15, 0.2) is 30.5 Å². The molecule has 0 radical (unpaired) electrons. The zero-order valence-corrected chi connectivity index (χ0v) is 19.8. The number of H-pyrrole nitrogens is 1. The molecule has 1 N–H and O–H groups in total. The van der Waals surface area contributed by atoms with Gasteiger partial charge in [-0.3, -0.25) is 5.10 Å². The molecule has 1 aliphatic carbocycles. The van der Waals surface area contributed by atoms with E-state index in [2.05, 4.69) is 53.9 Å². The molecule has 158 valence electrons. The van der Waals surface area contributed by atoms with Crippen LogP contribution in [0, 0.1) is 0 Å². The Balaban J connectivity index is 1.52. The molecule has 0 fully saturated rings. The summed E-state index contributed by atoms with van der Waals surface area (Å²) in [6.45, 7) is 10.3. The Kier molecular flexibility index (Phi) is 6.00. The number of hydrogen-bond acceptors (Lipinski definition) is 4. The van der Waals surface area contributed by atoms with Gasteiger partial charge in [-0.05, 0) is 47.9 Å². The van der Waals surface area contributed by atoms with Crippen LogP contribution in [0.4, 0.5) is 0 Å². The lowest BCUT2D eigenvalue weighted by Crippen LogP contribution is -2.22. The normalized spacial score (nSPS) is 12.7. The summed E-state index contributed by atoms with van der Waals surface area (Å²) in [6, 6.07) is 9.28. The number of nitrogens with zero attached hydrogens (tertiary/aromatic N) is 2. The van der Waals surface area contributed by atoms with Crippen molar-refractivity contribution in [1.29, 1.82) is 0 Å². The first-order chi connectivity index (χ1) is 14.4. The predicted molar refractivity (Wildman–Crippen MR) is 124 cm³/mol. The second kappa shape index (κ2) is 8.53. The molecule has 3 aromatic rings. The number of aryl methyl sites for hydroxylation is 1. The summed E-state index contributed by atoms with van der Waals surface area (Å²) in [5.41, 5.74) is 7.81. The predicted octanol–water partition coefficient (Wildman–Crippen LogP) is 5.95. The van der Waals surface area contributed by atoms with E-state index >= 15 is 0 Å². The van der Waals surface area contributed by atoms with Gasteiger partial charge < -0.3 is 9.47 Å². The fourth-order valence-electron chi connectivity index (χ4n) is 3.70. The number of benzene rings is 1. The average Bonchev–Trinajstić information content (AvgIpc) is 3.25. The fourth-order valence-corrected chi connectivity index (χ4v) is 4.57. The van der Waals surface area contributed by atoms with E-state index in [1.54, 1.807) is 12.3 Å². The van der Waals surface area contributed by atoms with Gasteiger partial charge in [0.2, 0.25) is 0 Å². The molecule has 1 aliphatic rings. The number of nitrogens with one attached hydrogen (secondary N) is 1. The lowest BCUT2D eigenvalue weighted by molar-refractivity contribution is 0.0215. The molecule has 0 unspecified atom stereocenters. The first-order valence-corrected chi connectivity index (χ1v) is 14.5. The SMILES string of the molecule is CCc1cc2c(cc1OCOCC[Si](C)(C)C)Cc1c(-c3ccc(Cl)nc3)n[nH]c1-2. The van der Waals surface area contributed by atoms with Crippen LogP contribution in [0.3, 0.4) is 0 Å². The molecule has 30 heavy (non-hydrogen) atoms. The smallest absolute Gasteiger partial charge is 0.189 e. The van der Waals surface area contributed by atoms with Crippen LogP contribution in [-0.2, 0) is 17.6 Å². The lowest BCUT2D eigenvalue weighted by Gasteiger charge is -2.16. The highest BCUT2D eigenvalue weighted by molar-refractivity contribution is 6.76. The number of pyridine rings is 1. The Labute approximate surface area is 183 Å². The summed E-state index contributed by atoms with van der Waals surface area (Å²) < 4.78 is 11.8. The summed E-state index contributed by atoms with van der Waals surface area (Å²) in [5.74, 6) is 0.914. The third-order valence-corrected chi connectivity index (χ3v) is 7.39. The molecule has 0 amide bonds. The Morgan fingerprint density at radius 3 is 2.73 bits per heavy atom. The standard InChI is InChI=1S/C23H28ClN3O2Si/c1-5-15-10-18-17(12-20(15)29-14-28-8-9-30(2,3)4)11-19-22(26-27-23(18)19)16-6-7-21(24)25-13-16/h6-7,10,12-13H,5,8-9,11,14H2,1-4H3,(H,26,27). The van der Waals surface area contributed by atoms with Crippen molar-refractivity contribution in [3.05, 3.63) is 52.3 Å². The van der Waals surface area contributed by atoms with E-state index in [0.717, 1.165) is 48.2 Å². The van der Waals surface area contributed by atoms with E-state index < -0.39 is 8.07 Å². The van der Waals surface area contributed by atoms with E-state index in [-0.39, 0.29) is 0 Å². The summed E-state index contributed by atoms with van der Waals surface area (Å²) in [5, 5.41) is 8.26. The quantitative estimate of drug-likeness (QED) is 0.159. The minimum Gasteiger partial charge on any atom is -0.467 e. The van der Waals surface area contributed by atoms with Crippen LogP contribution >= 0.6 is 11.6 Å². The molecule has 0 atom stereocenters. The Bertz CT molecular complexity index is 1040. The van der Waals surface area contributed by atoms with Crippen LogP contribution in [0.25, 0.3) is 22.5 Å². The summed E-state index contributed by atoms with van der Waals surface area (Å²) in [7, 11) is -1.09. The largest absolute Gasteiger partial charge is 0.467 e. The molecule has 4 rings (SSSR count). The Morgan fingerprint density at radius 1 is 1.20 bits per heavy atom. The van der Waals surface area contributed by atoms with Crippen molar-refractivity contribution in [2.45, 2.75) is 45.5 Å². The second-order valence-corrected chi connectivity index (χ2v) is 14.9. The highest BCUT2D eigenvalue weighted by atomic mass is 35.5. The molecule has 2 aromatic heterocycles. The zero-order valence-electron chi connectivity index (χ0n) is 18.0. The number of rotatable bonds is 8. The molecule has 7 heteroatoms. The Hall–Kier alpha value is -2.15. The maximum absolute atomic E-state index is 6.01. The molecule has 0 aliphatic heterocycles. The summed E-state index contributed by atoms with van der Waals surface area (Å²) in [6.07, 6.45) is 3.48. The van der Waals surface area contributed by atoms with Gasteiger partial charge in [0.25, 0.3) is 0 Å².